The monoisotopic (exact) mass is 247 g/mol. The average Bonchev–Trinajstić information content (AvgIpc) is 2.40. The predicted molar refractivity (Wildman–Crippen MR) is 75.9 cm³/mol. The Morgan fingerprint density at radius 2 is 2.00 bits per heavy atom. The first-order chi connectivity index (χ1) is 8.72. The van der Waals surface area contributed by atoms with E-state index in [1.165, 1.54) is 24.0 Å². The van der Waals surface area contributed by atoms with E-state index in [1.807, 2.05) is 6.92 Å². The van der Waals surface area contributed by atoms with Crippen molar-refractivity contribution in [3.05, 3.63) is 35.4 Å². The molecule has 100 valence electrons. The van der Waals surface area contributed by atoms with Gasteiger partial charge in [-0.1, -0.05) is 31.2 Å². The smallest absolute Gasteiger partial charge is 0.0616 e. The van der Waals surface area contributed by atoms with Gasteiger partial charge in [0.1, 0.15) is 0 Å². The van der Waals surface area contributed by atoms with Crippen molar-refractivity contribution in [2.24, 2.45) is 0 Å². The molecule has 1 aromatic carbocycles. The third-order valence-electron chi connectivity index (χ3n) is 3.85. The first kappa shape index (κ1) is 13.6. The van der Waals surface area contributed by atoms with E-state index in [9.17, 15) is 0 Å². The van der Waals surface area contributed by atoms with Crippen molar-refractivity contribution < 1.29 is 4.74 Å². The molecular weight excluding hydrogens is 222 g/mol. The molecule has 0 bridgehead atoms. The highest BCUT2D eigenvalue weighted by molar-refractivity contribution is 5.34. The van der Waals surface area contributed by atoms with Gasteiger partial charge in [0, 0.05) is 18.7 Å². The number of hydrogen-bond donors (Lipinski definition) is 1. The van der Waals surface area contributed by atoms with Crippen molar-refractivity contribution in [2.75, 3.05) is 13.2 Å². The van der Waals surface area contributed by atoms with Crippen molar-refractivity contribution in [2.45, 2.75) is 51.6 Å². The minimum Gasteiger partial charge on any atom is -0.380 e. The molecule has 0 heterocycles. The van der Waals surface area contributed by atoms with Gasteiger partial charge in [-0.15, -0.1) is 0 Å². The Morgan fingerprint density at radius 1 is 1.28 bits per heavy atom. The molecule has 0 radical (unpaired) electrons. The summed E-state index contributed by atoms with van der Waals surface area (Å²) in [4.78, 5) is 0. The molecule has 1 aromatic rings. The summed E-state index contributed by atoms with van der Waals surface area (Å²) in [5.74, 6) is 0.696. The highest BCUT2D eigenvalue weighted by atomic mass is 16.5. The first-order valence-corrected chi connectivity index (χ1v) is 7.15. The van der Waals surface area contributed by atoms with Crippen LogP contribution in [0.1, 0.15) is 56.7 Å². The first-order valence-electron chi connectivity index (χ1n) is 7.15. The molecular formula is C16H25NO. The standard InChI is InChI=1S/C16H25NO/c1-4-18-11-13(3)17-16-10-9-12(2)14-7-5-6-8-15(14)16/h5-8,12-13,16-17H,4,9-11H2,1-3H3. The number of hydrogen-bond acceptors (Lipinski definition) is 2. The molecule has 0 aromatic heterocycles. The molecule has 0 spiro atoms. The van der Waals surface area contributed by atoms with Crippen molar-refractivity contribution in [3.8, 4) is 0 Å². The Kier molecular flexibility index (Phi) is 4.79. The molecule has 0 amide bonds. The van der Waals surface area contributed by atoms with Gasteiger partial charge in [0.2, 0.25) is 0 Å². The van der Waals surface area contributed by atoms with Crippen LogP contribution in [-0.2, 0) is 4.74 Å². The maximum absolute atomic E-state index is 5.48. The largest absolute Gasteiger partial charge is 0.380 e. The van der Waals surface area contributed by atoms with Crippen molar-refractivity contribution in [1.29, 1.82) is 0 Å². The third kappa shape index (κ3) is 3.12. The summed E-state index contributed by atoms with van der Waals surface area (Å²) in [6, 6.07) is 9.77. The highest BCUT2D eigenvalue weighted by Crippen LogP contribution is 2.37. The fourth-order valence-corrected chi connectivity index (χ4v) is 2.86. The molecule has 3 unspecified atom stereocenters. The number of rotatable bonds is 5. The topological polar surface area (TPSA) is 21.3 Å². The summed E-state index contributed by atoms with van der Waals surface area (Å²) in [6.45, 7) is 8.17. The summed E-state index contributed by atoms with van der Waals surface area (Å²) in [7, 11) is 0. The number of nitrogens with one attached hydrogen (secondary N) is 1. The summed E-state index contributed by atoms with van der Waals surface area (Å²) in [6.07, 6.45) is 2.50. The summed E-state index contributed by atoms with van der Waals surface area (Å²) in [5.41, 5.74) is 3.00. The molecule has 1 aliphatic rings. The maximum Gasteiger partial charge on any atom is 0.0616 e. The number of ether oxygens (including phenoxy) is 1. The summed E-state index contributed by atoms with van der Waals surface area (Å²) in [5, 5.41) is 3.71. The molecule has 0 saturated heterocycles. The lowest BCUT2D eigenvalue weighted by Gasteiger charge is -2.32. The van der Waals surface area contributed by atoms with Gasteiger partial charge in [-0.2, -0.15) is 0 Å². The van der Waals surface area contributed by atoms with E-state index >= 15 is 0 Å². The summed E-state index contributed by atoms with van der Waals surface area (Å²) < 4.78 is 5.48. The van der Waals surface area contributed by atoms with E-state index in [2.05, 4.69) is 43.4 Å². The molecule has 1 N–H and O–H groups in total. The van der Waals surface area contributed by atoms with Crippen LogP contribution in [-0.4, -0.2) is 19.3 Å². The van der Waals surface area contributed by atoms with Gasteiger partial charge >= 0.3 is 0 Å². The van der Waals surface area contributed by atoms with Gasteiger partial charge in [0.25, 0.3) is 0 Å². The van der Waals surface area contributed by atoms with Gasteiger partial charge in [-0.25, -0.2) is 0 Å². The van der Waals surface area contributed by atoms with Crippen LogP contribution >= 0.6 is 0 Å². The number of benzene rings is 1. The van der Waals surface area contributed by atoms with E-state index in [-0.39, 0.29) is 0 Å². The predicted octanol–water partition coefficient (Wildman–Crippen LogP) is 3.64. The maximum atomic E-state index is 5.48. The van der Waals surface area contributed by atoms with Crippen molar-refractivity contribution in [1.82, 2.24) is 5.32 Å². The van der Waals surface area contributed by atoms with Crippen LogP contribution in [0.2, 0.25) is 0 Å². The molecule has 1 aliphatic carbocycles. The van der Waals surface area contributed by atoms with Gasteiger partial charge in [0.05, 0.1) is 6.61 Å². The molecule has 2 heteroatoms. The van der Waals surface area contributed by atoms with E-state index < -0.39 is 0 Å². The van der Waals surface area contributed by atoms with E-state index in [0.29, 0.717) is 18.0 Å². The van der Waals surface area contributed by atoms with Crippen LogP contribution in [0.5, 0.6) is 0 Å². The normalized spacial score (nSPS) is 24.6. The fourth-order valence-electron chi connectivity index (χ4n) is 2.86. The van der Waals surface area contributed by atoms with Gasteiger partial charge < -0.3 is 10.1 Å². The Balaban J connectivity index is 2.04. The zero-order valence-electron chi connectivity index (χ0n) is 11.8. The van der Waals surface area contributed by atoms with Crippen molar-refractivity contribution in [3.63, 3.8) is 0 Å². The van der Waals surface area contributed by atoms with Gasteiger partial charge in [-0.05, 0) is 43.7 Å². The lowest BCUT2D eigenvalue weighted by Crippen LogP contribution is -2.36. The highest BCUT2D eigenvalue weighted by Gasteiger charge is 2.24. The van der Waals surface area contributed by atoms with E-state index in [1.54, 1.807) is 0 Å². The Morgan fingerprint density at radius 3 is 2.72 bits per heavy atom. The van der Waals surface area contributed by atoms with Gasteiger partial charge in [0.15, 0.2) is 0 Å². The Labute approximate surface area is 111 Å². The zero-order valence-corrected chi connectivity index (χ0v) is 11.8. The molecule has 0 fully saturated rings. The molecule has 0 saturated carbocycles. The van der Waals surface area contributed by atoms with Crippen LogP contribution in [0.3, 0.4) is 0 Å². The minimum atomic E-state index is 0.413. The minimum absolute atomic E-state index is 0.413. The second kappa shape index (κ2) is 6.35. The van der Waals surface area contributed by atoms with Crippen LogP contribution in [0.15, 0.2) is 24.3 Å². The summed E-state index contributed by atoms with van der Waals surface area (Å²) >= 11 is 0. The van der Waals surface area contributed by atoms with E-state index in [0.717, 1.165) is 13.2 Å². The van der Waals surface area contributed by atoms with Crippen LogP contribution in [0.4, 0.5) is 0 Å². The Bertz CT molecular complexity index is 377. The quantitative estimate of drug-likeness (QED) is 0.857. The second-order valence-electron chi connectivity index (χ2n) is 5.39. The zero-order chi connectivity index (χ0) is 13.0. The fraction of sp³-hybridized carbons (Fsp3) is 0.625. The SMILES string of the molecule is CCOCC(C)NC1CCC(C)c2ccccc21. The third-order valence-corrected chi connectivity index (χ3v) is 3.85. The van der Waals surface area contributed by atoms with Crippen LogP contribution in [0, 0.1) is 0 Å². The van der Waals surface area contributed by atoms with Crippen molar-refractivity contribution >= 4 is 0 Å². The second-order valence-corrected chi connectivity index (χ2v) is 5.39. The lowest BCUT2D eigenvalue weighted by molar-refractivity contribution is 0.122. The molecule has 18 heavy (non-hydrogen) atoms. The lowest BCUT2D eigenvalue weighted by atomic mass is 9.81. The van der Waals surface area contributed by atoms with Crippen LogP contribution in [0.25, 0.3) is 0 Å². The molecule has 2 rings (SSSR count). The molecule has 2 nitrogen and oxygen atoms in total. The molecule has 0 aliphatic heterocycles. The average molecular weight is 247 g/mol. The van der Waals surface area contributed by atoms with E-state index in [4.69, 9.17) is 4.74 Å². The number of fused-ring (bicyclic) bond motifs is 1. The molecule has 3 atom stereocenters. The Hall–Kier alpha value is -0.860. The van der Waals surface area contributed by atoms with Gasteiger partial charge in [-0.3, -0.25) is 0 Å². The van der Waals surface area contributed by atoms with Crippen LogP contribution < -0.4 is 5.32 Å².